The number of halogens is 1. The van der Waals surface area contributed by atoms with Crippen molar-refractivity contribution in [3.05, 3.63) is 29.6 Å². The van der Waals surface area contributed by atoms with Crippen molar-refractivity contribution in [3.63, 3.8) is 0 Å². The number of aliphatic imine (C=N–C) groups is 1. The Balaban J connectivity index is 1.90. The average Bonchev–Trinajstić information content (AvgIpc) is 3.01. The molecular formula is C14H17FN2O. The summed E-state index contributed by atoms with van der Waals surface area (Å²) in [6.45, 7) is 1.47. The first kappa shape index (κ1) is 11.5. The molecule has 2 aliphatic rings. The van der Waals surface area contributed by atoms with Crippen molar-refractivity contribution < 1.29 is 9.13 Å². The third-order valence-electron chi connectivity index (χ3n) is 3.48. The molecule has 4 heteroatoms. The van der Waals surface area contributed by atoms with Crippen molar-refractivity contribution in [1.82, 2.24) is 5.32 Å². The minimum atomic E-state index is -0.265. The van der Waals surface area contributed by atoms with E-state index in [9.17, 15) is 4.39 Å². The van der Waals surface area contributed by atoms with Gasteiger partial charge in [-0.3, -0.25) is 4.99 Å². The van der Waals surface area contributed by atoms with Gasteiger partial charge >= 0.3 is 0 Å². The molecule has 0 unspecified atom stereocenters. The van der Waals surface area contributed by atoms with Gasteiger partial charge < -0.3 is 10.1 Å². The molecule has 1 N–H and O–H groups in total. The summed E-state index contributed by atoms with van der Waals surface area (Å²) in [7, 11) is 0. The minimum Gasteiger partial charge on any atom is -0.490 e. The lowest BCUT2D eigenvalue weighted by Gasteiger charge is -2.17. The molecule has 0 aromatic heterocycles. The van der Waals surface area contributed by atoms with Gasteiger partial charge in [-0.15, -0.1) is 0 Å². The van der Waals surface area contributed by atoms with Gasteiger partial charge in [-0.05, 0) is 37.8 Å². The Morgan fingerprint density at radius 3 is 2.83 bits per heavy atom. The molecule has 1 aromatic rings. The molecule has 3 rings (SSSR count). The topological polar surface area (TPSA) is 33.6 Å². The molecule has 0 spiro atoms. The Bertz CT molecular complexity index is 467. The first-order valence-electron chi connectivity index (χ1n) is 6.58. The highest BCUT2D eigenvalue weighted by atomic mass is 19.1. The van der Waals surface area contributed by atoms with Crippen LogP contribution in [0.3, 0.4) is 0 Å². The van der Waals surface area contributed by atoms with Crippen LogP contribution < -0.4 is 10.1 Å². The number of ether oxygens (including phenoxy) is 1. The monoisotopic (exact) mass is 248 g/mol. The second kappa shape index (κ2) is 4.96. The zero-order chi connectivity index (χ0) is 12.4. The lowest BCUT2D eigenvalue weighted by molar-refractivity contribution is 0.208. The van der Waals surface area contributed by atoms with Gasteiger partial charge in [-0.25, -0.2) is 4.39 Å². The van der Waals surface area contributed by atoms with E-state index in [1.165, 1.54) is 18.9 Å². The van der Waals surface area contributed by atoms with Crippen molar-refractivity contribution >= 4 is 5.84 Å². The summed E-state index contributed by atoms with van der Waals surface area (Å²) < 4.78 is 19.9. The van der Waals surface area contributed by atoms with Gasteiger partial charge in [0, 0.05) is 6.54 Å². The summed E-state index contributed by atoms with van der Waals surface area (Å²) in [5.41, 5.74) is 0.488. The number of nitrogens with zero attached hydrogens (tertiary/aromatic N) is 1. The summed E-state index contributed by atoms with van der Waals surface area (Å²) >= 11 is 0. The maximum Gasteiger partial charge on any atom is 0.137 e. The lowest BCUT2D eigenvalue weighted by Crippen LogP contribution is -2.23. The fourth-order valence-electron chi connectivity index (χ4n) is 2.58. The number of nitrogens with one attached hydrogen (secondary N) is 1. The van der Waals surface area contributed by atoms with Crippen molar-refractivity contribution in [2.75, 3.05) is 13.1 Å². The second-order valence-electron chi connectivity index (χ2n) is 4.79. The van der Waals surface area contributed by atoms with E-state index in [-0.39, 0.29) is 11.9 Å². The first-order valence-corrected chi connectivity index (χ1v) is 6.58. The Morgan fingerprint density at radius 1 is 1.28 bits per heavy atom. The van der Waals surface area contributed by atoms with E-state index in [0.717, 1.165) is 19.4 Å². The SMILES string of the molecule is Fc1cccc(OC2CCCC2)c1C1=NCCN1. The lowest BCUT2D eigenvalue weighted by atomic mass is 10.1. The zero-order valence-electron chi connectivity index (χ0n) is 10.3. The molecule has 18 heavy (non-hydrogen) atoms. The van der Waals surface area contributed by atoms with Crippen LogP contribution in [-0.2, 0) is 0 Å². The van der Waals surface area contributed by atoms with Crippen LogP contribution >= 0.6 is 0 Å². The van der Waals surface area contributed by atoms with E-state index in [1.807, 2.05) is 6.07 Å². The van der Waals surface area contributed by atoms with Gasteiger partial charge in [-0.1, -0.05) is 6.07 Å². The van der Waals surface area contributed by atoms with Crippen molar-refractivity contribution in [2.45, 2.75) is 31.8 Å². The molecule has 96 valence electrons. The van der Waals surface area contributed by atoms with Crippen LogP contribution in [0.1, 0.15) is 31.2 Å². The fraction of sp³-hybridized carbons (Fsp3) is 0.500. The molecule has 1 aromatic carbocycles. The summed E-state index contributed by atoms with van der Waals surface area (Å²) in [6.07, 6.45) is 4.77. The molecule has 1 aliphatic heterocycles. The summed E-state index contributed by atoms with van der Waals surface area (Å²) in [5.74, 6) is 0.981. The molecule has 0 bridgehead atoms. The van der Waals surface area contributed by atoms with Crippen LogP contribution in [0.4, 0.5) is 4.39 Å². The number of amidine groups is 1. The van der Waals surface area contributed by atoms with E-state index < -0.39 is 0 Å². The second-order valence-corrected chi connectivity index (χ2v) is 4.79. The van der Waals surface area contributed by atoms with Crippen molar-refractivity contribution in [2.24, 2.45) is 4.99 Å². The summed E-state index contributed by atoms with van der Waals surface area (Å²) in [6, 6.07) is 4.98. The fourth-order valence-corrected chi connectivity index (χ4v) is 2.58. The summed E-state index contributed by atoms with van der Waals surface area (Å²) in [5, 5.41) is 3.11. The van der Waals surface area contributed by atoms with Crippen LogP contribution in [-0.4, -0.2) is 25.0 Å². The highest BCUT2D eigenvalue weighted by Gasteiger charge is 2.22. The first-order chi connectivity index (χ1) is 8.84. The standard InChI is InChI=1S/C14H17FN2O/c15-11-6-3-7-12(18-10-4-1-2-5-10)13(11)14-16-8-9-17-14/h3,6-7,10H,1-2,4-5,8-9H2,(H,16,17). The molecule has 1 saturated carbocycles. The van der Waals surface area contributed by atoms with E-state index in [4.69, 9.17) is 4.74 Å². The number of benzene rings is 1. The van der Waals surface area contributed by atoms with Gasteiger partial charge in [0.25, 0.3) is 0 Å². The van der Waals surface area contributed by atoms with E-state index in [2.05, 4.69) is 10.3 Å². The normalized spacial score (nSPS) is 19.7. The predicted octanol–water partition coefficient (Wildman–Crippen LogP) is 2.50. The van der Waals surface area contributed by atoms with Crippen LogP contribution in [0.5, 0.6) is 5.75 Å². The van der Waals surface area contributed by atoms with E-state index in [1.54, 1.807) is 6.07 Å². The van der Waals surface area contributed by atoms with E-state index >= 15 is 0 Å². The van der Waals surface area contributed by atoms with E-state index in [0.29, 0.717) is 23.7 Å². The molecule has 1 heterocycles. The summed E-state index contributed by atoms with van der Waals surface area (Å²) in [4.78, 5) is 4.29. The molecule has 0 saturated heterocycles. The maximum atomic E-state index is 14.0. The number of hydrogen-bond donors (Lipinski definition) is 1. The molecule has 0 amide bonds. The van der Waals surface area contributed by atoms with Crippen molar-refractivity contribution in [3.8, 4) is 5.75 Å². The Morgan fingerprint density at radius 2 is 2.11 bits per heavy atom. The molecule has 3 nitrogen and oxygen atoms in total. The third-order valence-corrected chi connectivity index (χ3v) is 3.48. The van der Waals surface area contributed by atoms with Crippen LogP contribution in [0, 0.1) is 5.82 Å². The zero-order valence-corrected chi connectivity index (χ0v) is 10.3. The van der Waals surface area contributed by atoms with Crippen LogP contribution in [0.2, 0.25) is 0 Å². The van der Waals surface area contributed by atoms with Gasteiger partial charge in [0.2, 0.25) is 0 Å². The third kappa shape index (κ3) is 2.19. The number of hydrogen-bond acceptors (Lipinski definition) is 3. The highest BCUT2D eigenvalue weighted by molar-refractivity contribution is 6.02. The molecule has 0 radical (unpaired) electrons. The van der Waals surface area contributed by atoms with Crippen LogP contribution in [0.25, 0.3) is 0 Å². The smallest absolute Gasteiger partial charge is 0.137 e. The molecule has 0 atom stereocenters. The average molecular weight is 248 g/mol. The largest absolute Gasteiger partial charge is 0.490 e. The van der Waals surface area contributed by atoms with Crippen LogP contribution in [0.15, 0.2) is 23.2 Å². The van der Waals surface area contributed by atoms with Gasteiger partial charge in [-0.2, -0.15) is 0 Å². The quantitative estimate of drug-likeness (QED) is 0.891. The van der Waals surface area contributed by atoms with Gasteiger partial charge in [0.15, 0.2) is 0 Å². The maximum absolute atomic E-state index is 14.0. The predicted molar refractivity (Wildman–Crippen MR) is 68.7 cm³/mol. The minimum absolute atomic E-state index is 0.229. The molecule has 1 aliphatic carbocycles. The Hall–Kier alpha value is -1.58. The highest BCUT2D eigenvalue weighted by Crippen LogP contribution is 2.28. The number of rotatable bonds is 3. The Kier molecular flexibility index (Phi) is 3.17. The molecule has 1 fully saturated rings. The van der Waals surface area contributed by atoms with Gasteiger partial charge in [0.1, 0.15) is 17.4 Å². The Labute approximate surface area is 106 Å². The van der Waals surface area contributed by atoms with Crippen molar-refractivity contribution in [1.29, 1.82) is 0 Å². The molecular weight excluding hydrogens is 231 g/mol. The van der Waals surface area contributed by atoms with Gasteiger partial charge in [0.05, 0.1) is 18.2 Å².